The van der Waals surface area contributed by atoms with Crippen LogP contribution >= 0.6 is 0 Å². The van der Waals surface area contributed by atoms with Gasteiger partial charge in [0.1, 0.15) is 0 Å². The molecule has 1 aromatic rings. The molecule has 1 aliphatic rings. The minimum atomic E-state index is -0.347. The van der Waals surface area contributed by atoms with E-state index < -0.39 is 0 Å². The van der Waals surface area contributed by atoms with Crippen molar-refractivity contribution in [3.05, 3.63) is 18.3 Å². The molecule has 0 amide bonds. The van der Waals surface area contributed by atoms with E-state index in [0.29, 0.717) is 11.9 Å². The Kier molecular flexibility index (Phi) is 4.15. The molecule has 1 saturated heterocycles. The van der Waals surface area contributed by atoms with Crippen LogP contribution in [0.2, 0.25) is 0 Å². The molecule has 0 aliphatic carbocycles. The number of carbonyl (C=O) groups excluding carboxylic acids is 1. The number of piperidine rings is 1. The summed E-state index contributed by atoms with van der Waals surface area (Å²) in [6.45, 7) is 3.55. The Labute approximate surface area is 107 Å². The number of nitrogens with zero attached hydrogens (tertiary/aromatic N) is 2. The van der Waals surface area contributed by atoms with Crippen LogP contribution in [0.4, 0.5) is 5.69 Å². The van der Waals surface area contributed by atoms with Crippen molar-refractivity contribution < 1.29 is 9.53 Å². The summed E-state index contributed by atoms with van der Waals surface area (Å²) in [5, 5.41) is 3.41. The third kappa shape index (κ3) is 3.43. The van der Waals surface area contributed by atoms with E-state index in [4.69, 9.17) is 4.74 Å². The standard InChI is InChI=1S/C13H19N3O2/c1-10(17)18-13-12(4-3-7-14-13)15-11-5-8-16(2)9-6-11/h3-4,7,11,15H,5-6,8-9H2,1-2H3. The summed E-state index contributed by atoms with van der Waals surface area (Å²) in [6, 6.07) is 4.15. The Morgan fingerprint density at radius 1 is 1.50 bits per heavy atom. The quantitative estimate of drug-likeness (QED) is 0.823. The third-order valence-electron chi connectivity index (χ3n) is 3.09. The molecule has 0 radical (unpaired) electrons. The number of nitrogens with one attached hydrogen (secondary N) is 1. The van der Waals surface area contributed by atoms with Gasteiger partial charge in [-0.1, -0.05) is 0 Å². The van der Waals surface area contributed by atoms with Gasteiger partial charge in [0.15, 0.2) is 0 Å². The highest BCUT2D eigenvalue weighted by molar-refractivity contribution is 5.71. The molecule has 0 saturated carbocycles. The number of anilines is 1. The number of aromatic nitrogens is 1. The summed E-state index contributed by atoms with van der Waals surface area (Å²) in [4.78, 5) is 17.4. The minimum Gasteiger partial charge on any atom is -0.405 e. The van der Waals surface area contributed by atoms with Crippen LogP contribution in [0.3, 0.4) is 0 Å². The lowest BCUT2D eigenvalue weighted by molar-refractivity contribution is -0.132. The van der Waals surface area contributed by atoms with Crippen LogP contribution in [0.15, 0.2) is 18.3 Å². The summed E-state index contributed by atoms with van der Waals surface area (Å²) in [6.07, 6.45) is 3.80. The number of esters is 1. The molecule has 1 aliphatic heterocycles. The van der Waals surface area contributed by atoms with Gasteiger partial charge in [-0.2, -0.15) is 0 Å². The van der Waals surface area contributed by atoms with Gasteiger partial charge in [0.05, 0.1) is 5.69 Å². The molecule has 5 heteroatoms. The maximum absolute atomic E-state index is 11.0. The van der Waals surface area contributed by atoms with Gasteiger partial charge >= 0.3 is 5.97 Å². The molecule has 2 heterocycles. The fourth-order valence-electron chi connectivity index (χ4n) is 2.09. The maximum Gasteiger partial charge on any atom is 0.309 e. The van der Waals surface area contributed by atoms with Crippen molar-refractivity contribution in [2.75, 3.05) is 25.5 Å². The van der Waals surface area contributed by atoms with Gasteiger partial charge in [-0.3, -0.25) is 4.79 Å². The first-order valence-electron chi connectivity index (χ1n) is 6.23. The summed E-state index contributed by atoms with van der Waals surface area (Å²) in [7, 11) is 2.13. The molecule has 0 atom stereocenters. The van der Waals surface area contributed by atoms with Crippen molar-refractivity contribution in [2.45, 2.75) is 25.8 Å². The third-order valence-corrected chi connectivity index (χ3v) is 3.09. The molecule has 2 rings (SSSR count). The van der Waals surface area contributed by atoms with E-state index in [1.54, 1.807) is 6.20 Å². The van der Waals surface area contributed by atoms with Crippen LogP contribution in [0.25, 0.3) is 0 Å². The molecule has 1 N–H and O–H groups in total. The normalized spacial score (nSPS) is 17.4. The Morgan fingerprint density at radius 3 is 2.89 bits per heavy atom. The van der Waals surface area contributed by atoms with Gasteiger partial charge in [-0.05, 0) is 45.1 Å². The predicted octanol–water partition coefficient (Wildman–Crippen LogP) is 1.51. The number of ether oxygens (including phenoxy) is 1. The van der Waals surface area contributed by atoms with Crippen LogP contribution in [0, 0.1) is 0 Å². The fourth-order valence-corrected chi connectivity index (χ4v) is 2.09. The fraction of sp³-hybridized carbons (Fsp3) is 0.538. The summed E-state index contributed by atoms with van der Waals surface area (Å²) in [5.41, 5.74) is 0.794. The molecule has 1 aromatic heterocycles. The second-order valence-electron chi connectivity index (χ2n) is 4.67. The highest BCUT2D eigenvalue weighted by atomic mass is 16.5. The lowest BCUT2D eigenvalue weighted by atomic mass is 10.1. The van der Waals surface area contributed by atoms with E-state index in [0.717, 1.165) is 31.6 Å². The zero-order valence-electron chi connectivity index (χ0n) is 10.8. The SMILES string of the molecule is CC(=O)Oc1ncccc1NC1CCN(C)CC1. The van der Waals surface area contributed by atoms with E-state index in [2.05, 4.69) is 22.2 Å². The Morgan fingerprint density at radius 2 is 2.22 bits per heavy atom. The molecule has 0 bridgehead atoms. The van der Waals surface area contributed by atoms with E-state index in [1.807, 2.05) is 12.1 Å². The lowest BCUT2D eigenvalue weighted by Gasteiger charge is -2.30. The zero-order valence-corrected chi connectivity index (χ0v) is 10.8. The topological polar surface area (TPSA) is 54.5 Å². The smallest absolute Gasteiger partial charge is 0.309 e. The number of pyridine rings is 1. The molecule has 0 unspecified atom stereocenters. The van der Waals surface area contributed by atoms with E-state index >= 15 is 0 Å². The van der Waals surface area contributed by atoms with Crippen molar-refractivity contribution >= 4 is 11.7 Å². The maximum atomic E-state index is 11.0. The van der Waals surface area contributed by atoms with Gasteiger partial charge < -0.3 is 15.0 Å². The van der Waals surface area contributed by atoms with E-state index in [9.17, 15) is 4.79 Å². The molecule has 1 fully saturated rings. The highest BCUT2D eigenvalue weighted by Gasteiger charge is 2.18. The molecular formula is C13H19N3O2. The monoisotopic (exact) mass is 249 g/mol. The van der Waals surface area contributed by atoms with Crippen LogP contribution in [-0.4, -0.2) is 42.0 Å². The van der Waals surface area contributed by atoms with Crippen LogP contribution in [0.1, 0.15) is 19.8 Å². The Balaban J connectivity index is 2.02. The van der Waals surface area contributed by atoms with Gasteiger partial charge in [0.2, 0.25) is 5.88 Å². The number of carbonyl (C=O) groups is 1. The molecule has 0 aromatic carbocycles. The van der Waals surface area contributed by atoms with Crippen LogP contribution < -0.4 is 10.1 Å². The molecule has 0 spiro atoms. The average molecular weight is 249 g/mol. The van der Waals surface area contributed by atoms with Crippen LogP contribution in [0.5, 0.6) is 5.88 Å². The second kappa shape index (κ2) is 5.82. The average Bonchev–Trinajstić information content (AvgIpc) is 2.34. The molecular weight excluding hydrogens is 230 g/mol. The van der Waals surface area contributed by atoms with Gasteiger partial charge in [-0.15, -0.1) is 0 Å². The second-order valence-corrected chi connectivity index (χ2v) is 4.67. The minimum absolute atomic E-state index is 0.347. The number of likely N-dealkylation sites (tertiary alicyclic amines) is 1. The van der Waals surface area contributed by atoms with E-state index in [-0.39, 0.29) is 5.97 Å². The highest BCUT2D eigenvalue weighted by Crippen LogP contribution is 2.24. The Bertz CT molecular complexity index is 414. The van der Waals surface area contributed by atoms with Crippen molar-refractivity contribution in [1.29, 1.82) is 0 Å². The number of hydrogen-bond donors (Lipinski definition) is 1. The number of hydrogen-bond acceptors (Lipinski definition) is 5. The predicted molar refractivity (Wildman–Crippen MR) is 69.7 cm³/mol. The van der Waals surface area contributed by atoms with Gasteiger partial charge in [-0.25, -0.2) is 4.98 Å². The van der Waals surface area contributed by atoms with Gasteiger partial charge in [0, 0.05) is 19.2 Å². The zero-order chi connectivity index (χ0) is 13.0. The largest absolute Gasteiger partial charge is 0.405 e. The first-order valence-corrected chi connectivity index (χ1v) is 6.23. The van der Waals surface area contributed by atoms with Gasteiger partial charge in [0.25, 0.3) is 0 Å². The van der Waals surface area contributed by atoms with Crippen LogP contribution in [-0.2, 0) is 4.79 Å². The van der Waals surface area contributed by atoms with Crippen molar-refractivity contribution in [3.63, 3.8) is 0 Å². The summed E-state index contributed by atoms with van der Waals surface area (Å²) in [5.74, 6) is 0.0176. The van der Waals surface area contributed by atoms with Crippen molar-refractivity contribution in [3.8, 4) is 5.88 Å². The Hall–Kier alpha value is -1.62. The van der Waals surface area contributed by atoms with E-state index in [1.165, 1.54) is 6.92 Å². The van der Waals surface area contributed by atoms with Crippen molar-refractivity contribution in [1.82, 2.24) is 9.88 Å². The lowest BCUT2D eigenvalue weighted by Crippen LogP contribution is -2.36. The van der Waals surface area contributed by atoms with Crippen molar-refractivity contribution in [2.24, 2.45) is 0 Å². The molecule has 98 valence electrons. The summed E-state index contributed by atoms with van der Waals surface area (Å²) >= 11 is 0. The molecule has 18 heavy (non-hydrogen) atoms. The number of rotatable bonds is 3. The summed E-state index contributed by atoms with van der Waals surface area (Å²) < 4.78 is 5.09. The first-order chi connectivity index (χ1) is 8.65. The molecule has 5 nitrogen and oxygen atoms in total. The first kappa shape index (κ1) is 12.8.